The average molecular weight is 234 g/mol. The average Bonchev–Trinajstić information content (AvgIpc) is 2.34. The Kier molecular flexibility index (Phi) is 5.70. The van der Waals surface area contributed by atoms with E-state index >= 15 is 0 Å². The van der Waals surface area contributed by atoms with Crippen molar-refractivity contribution in [3.63, 3.8) is 0 Å². The number of pyridine rings is 1. The minimum absolute atomic E-state index is 0.386. The Morgan fingerprint density at radius 3 is 2.82 bits per heavy atom. The molecule has 0 unspecified atom stereocenters. The molecule has 0 amide bonds. The summed E-state index contributed by atoms with van der Waals surface area (Å²) in [5.74, 6) is 1.07. The van der Waals surface area contributed by atoms with Crippen LogP contribution in [-0.4, -0.2) is 11.6 Å². The van der Waals surface area contributed by atoms with Gasteiger partial charge in [-0.05, 0) is 30.4 Å². The lowest BCUT2D eigenvalue weighted by Crippen LogP contribution is -2.05. The van der Waals surface area contributed by atoms with E-state index in [4.69, 9.17) is 10.5 Å². The highest BCUT2D eigenvalue weighted by molar-refractivity contribution is 5.26. The lowest BCUT2D eigenvalue weighted by molar-refractivity contribution is 0.299. The quantitative estimate of drug-likeness (QED) is 0.582. The van der Waals surface area contributed by atoms with Crippen LogP contribution in [0.1, 0.15) is 43.9 Å². The molecule has 2 N–H and O–H groups in total. The van der Waals surface area contributed by atoms with Crippen LogP contribution in [0, 0.1) is 0 Å². The largest absolute Gasteiger partial charge is 0.478 e. The van der Waals surface area contributed by atoms with Crippen molar-refractivity contribution in [1.82, 2.24) is 4.98 Å². The van der Waals surface area contributed by atoms with Gasteiger partial charge in [0, 0.05) is 18.3 Å². The Morgan fingerprint density at radius 1 is 1.47 bits per heavy atom. The van der Waals surface area contributed by atoms with Crippen LogP contribution in [0.3, 0.4) is 0 Å². The van der Waals surface area contributed by atoms with Crippen molar-refractivity contribution in [2.24, 2.45) is 5.73 Å². The second-order valence-electron chi connectivity index (χ2n) is 4.38. The van der Waals surface area contributed by atoms with E-state index in [2.05, 4.69) is 25.4 Å². The molecule has 1 rings (SSSR count). The van der Waals surface area contributed by atoms with Crippen LogP contribution in [0.25, 0.3) is 0 Å². The Morgan fingerprint density at radius 2 is 2.24 bits per heavy atom. The van der Waals surface area contributed by atoms with Crippen LogP contribution in [0.15, 0.2) is 24.8 Å². The van der Waals surface area contributed by atoms with Crippen LogP contribution >= 0.6 is 0 Å². The fourth-order valence-electron chi connectivity index (χ4n) is 1.47. The molecule has 3 heteroatoms. The van der Waals surface area contributed by atoms with Crippen molar-refractivity contribution in [3.05, 3.63) is 36.0 Å². The third kappa shape index (κ3) is 4.57. The van der Waals surface area contributed by atoms with Gasteiger partial charge in [0.2, 0.25) is 5.88 Å². The summed E-state index contributed by atoms with van der Waals surface area (Å²) in [6.07, 6.45) is 3.83. The second kappa shape index (κ2) is 7.07. The topological polar surface area (TPSA) is 48.1 Å². The smallest absolute Gasteiger partial charge is 0.213 e. The molecule has 0 aliphatic heterocycles. The van der Waals surface area contributed by atoms with E-state index in [1.807, 2.05) is 18.2 Å². The SMILES string of the molecule is C=CCCCOc1cc(CN)cc(C(C)C)n1. The first kappa shape index (κ1) is 13.7. The molecular weight excluding hydrogens is 212 g/mol. The van der Waals surface area contributed by atoms with Gasteiger partial charge in [-0.2, -0.15) is 0 Å². The highest BCUT2D eigenvalue weighted by atomic mass is 16.5. The van der Waals surface area contributed by atoms with E-state index < -0.39 is 0 Å². The molecule has 0 saturated carbocycles. The molecule has 94 valence electrons. The summed E-state index contributed by atoms with van der Waals surface area (Å²) in [5, 5.41) is 0. The van der Waals surface area contributed by atoms with E-state index in [0.717, 1.165) is 24.1 Å². The fraction of sp³-hybridized carbons (Fsp3) is 0.500. The van der Waals surface area contributed by atoms with E-state index in [-0.39, 0.29) is 0 Å². The maximum atomic E-state index is 5.67. The zero-order valence-electron chi connectivity index (χ0n) is 10.8. The molecule has 0 aliphatic carbocycles. The second-order valence-corrected chi connectivity index (χ2v) is 4.38. The maximum Gasteiger partial charge on any atom is 0.213 e. The van der Waals surface area contributed by atoms with E-state index in [1.165, 1.54) is 0 Å². The minimum atomic E-state index is 0.386. The van der Waals surface area contributed by atoms with Crippen molar-refractivity contribution in [1.29, 1.82) is 0 Å². The van der Waals surface area contributed by atoms with Crippen molar-refractivity contribution in [2.45, 2.75) is 39.2 Å². The minimum Gasteiger partial charge on any atom is -0.478 e. The molecule has 1 aromatic heterocycles. The summed E-state index contributed by atoms with van der Waals surface area (Å²) in [6, 6.07) is 3.96. The fourth-order valence-corrected chi connectivity index (χ4v) is 1.47. The number of rotatable bonds is 7. The maximum absolute atomic E-state index is 5.67. The van der Waals surface area contributed by atoms with E-state index in [9.17, 15) is 0 Å². The van der Waals surface area contributed by atoms with Crippen LogP contribution in [0.5, 0.6) is 5.88 Å². The molecule has 0 saturated heterocycles. The first-order valence-electron chi connectivity index (χ1n) is 6.12. The Balaban J connectivity index is 2.69. The highest BCUT2D eigenvalue weighted by Gasteiger charge is 2.06. The predicted molar refractivity (Wildman–Crippen MR) is 71.1 cm³/mol. The van der Waals surface area contributed by atoms with Gasteiger partial charge < -0.3 is 10.5 Å². The monoisotopic (exact) mass is 234 g/mol. The third-order valence-electron chi connectivity index (χ3n) is 2.51. The lowest BCUT2D eigenvalue weighted by Gasteiger charge is -2.11. The molecule has 0 radical (unpaired) electrons. The number of nitrogens with two attached hydrogens (primary N) is 1. The van der Waals surface area contributed by atoms with Gasteiger partial charge in [0.25, 0.3) is 0 Å². The van der Waals surface area contributed by atoms with Gasteiger partial charge in [0.05, 0.1) is 6.61 Å². The number of ether oxygens (including phenoxy) is 1. The van der Waals surface area contributed by atoms with Crippen LogP contribution < -0.4 is 10.5 Å². The number of hydrogen-bond acceptors (Lipinski definition) is 3. The zero-order valence-corrected chi connectivity index (χ0v) is 10.8. The molecule has 0 aliphatic rings. The summed E-state index contributed by atoms with van der Waals surface area (Å²) >= 11 is 0. The highest BCUT2D eigenvalue weighted by Crippen LogP contribution is 2.19. The molecule has 0 spiro atoms. The third-order valence-corrected chi connectivity index (χ3v) is 2.51. The predicted octanol–water partition coefficient (Wildman–Crippen LogP) is 3.01. The Hall–Kier alpha value is -1.35. The summed E-state index contributed by atoms with van der Waals surface area (Å²) in [4.78, 5) is 4.47. The van der Waals surface area contributed by atoms with E-state index in [0.29, 0.717) is 24.9 Å². The van der Waals surface area contributed by atoms with E-state index in [1.54, 1.807) is 0 Å². The Labute approximate surface area is 104 Å². The lowest BCUT2D eigenvalue weighted by atomic mass is 10.1. The van der Waals surface area contributed by atoms with Gasteiger partial charge in [0.15, 0.2) is 0 Å². The van der Waals surface area contributed by atoms with Gasteiger partial charge in [0.1, 0.15) is 0 Å². The zero-order chi connectivity index (χ0) is 12.7. The van der Waals surface area contributed by atoms with Crippen molar-refractivity contribution < 1.29 is 4.74 Å². The van der Waals surface area contributed by atoms with Gasteiger partial charge in [-0.15, -0.1) is 6.58 Å². The molecule has 17 heavy (non-hydrogen) atoms. The van der Waals surface area contributed by atoms with Crippen LogP contribution in [-0.2, 0) is 6.54 Å². The van der Waals surface area contributed by atoms with Crippen molar-refractivity contribution >= 4 is 0 Å². The molecule has 0 bridgehead atoms. The molecule has 0 aromatic carbocycles. The molecular formula is C14H22N2O. The molecule has 0 atom stereocenters. The number of allylic oxidation sites excluding steroid dienone is 1. The van der Waals surface area contributed by atoms with Crippen molar-refractivity contribution in [2.75, 3.05) is 6.61 Å². The van der Waals surface area contributed by atoms with Gasteiger partial charge in [-0.1, -0.05) is 19.9 Å². The number of unbranched alkanes of at least 4 members (excludes halogenated alkanes) is 1. The van der Waals surface area contributed by atoms with Gasteiger partial charge in [-0.3, -0.25) is 0 Å². The van der Waals surface area contributed by atoms with Gasteiger partial charge in [-0.25, -0.2) is 4.98 Å². The number of aromatic nitrogens is 1. The normalized spacial score (nSPS) is 10.6. The first-order valence-corrected chi connectivity index (χ1v) is 6.12. The molecule has 1 heterocycles. The van der Waals surface area contributed by atoms with Crippen molar-refractivity contribution in [3.8, 4) is 5.88 Å². The summed E-state index contributed by atoms with van der Waals surface area (Å²) in [5.41, 5.74) is 7.77. The Bertz CT molecular complexity index is 361. The summed E-state index contributed by atoms with van der Waals surface area (Å²) in [7, 11) is 0. The summed E-state index contributed by atoms with van der Waals surface area (Å²) < 4.78 is 5.63. The standard InChI is InChI=1S/C14H22N2O/c1-4-5-6-7-17-14-9-12(10-15)8-13(16-14)11(2)3/h4,8-9,11H,1,5-7,10,15H2,2-3H3. The first-order chi connectivity index (χ1) is 8.17. The molecule has 1 aromatic rings. The number of nitrogens with zero attached hydrogens (tertiary/aromatic N) is 1. The molecule has 0 fully saturated rings. The van der Waals surface area contributed by atoms with Gasteiger partial charge >= 0.3 is 0 Å². The van der Waals surface area contributed by atoms with Crippen LogP contribution in [0.4, 0.5) is 0 Å². The van der Waals surface area contributed by atoms with Crippen LogP contribution in [0.2, 0.25) is 0 Å². The summed E-state index contributed by atoms with van der Waals surface area (Å²) in [6.45, 7) is 9.10. The number of hydrogen-bond donors (Lipinski definition) is 1. The molecule has 3 nitrogen and oxygen atoms in total.